The molecule has 0 unspecified atom stereocenters. The molecule has 3 aromatic carbocycles. The minimum Gasteiger partial charge on any atom is -0.486 e. The second kappa shape index (κ2) is 12.0. The maximum atomic E-state index is 14.7. The average molecular weight is 457 g/mol. The lowest BCUT2D eigenvalue weighted by Crippen LogP contribution is -2.13. The molecule has 2 heteroatoms. The minimum atomic E-state index is -0.298. The normalized spacial score (nSPS) is 18.4. The number of allylic oxidation sites excluding steroid dienone is 2. The molecule has 3 aromatic rings. The van der Waals surface area contributed by atoms with Crippen LogP contribution in [0.1, 0.15) is 68.1 Å². The van der Waals surface area contributed by atoms with E-state index in [4.69, 9.17) is 4.74 Å². The smallest absolute Gasteiger partial charge is 0.172 e. The molecule has 0 N–H and O–H groups in total. The Bertz CT molecular complexity index is 1100. The van der Waals surface area contributed by atoms with Gasteiger partial charge in [0.05, 0.1) is 0 Å². The van der Waals surface area contributed by atoms with E-state index in [2.05, 4.69) is 56.0 Å². The summed E-state index contributed by atoms with van der Waals surface area (Å²) in [4.78, 5) is 0. The molecule has 1 aliphatic carbocycles. The molecule has 1 fully saturated rings. The lowest BCUT2D eigenvalue weighted by Gasteiger charge is -2.28. The Hall–Kier alpha value is -2.87. The SMILES string of the molecule is C=CCOc1ccc2cc(CCc3ccc(C4CCC(CC/C=C/C)CC4)cc3)ccc2c1F. The molecule has 0 spiro atoms. The Labute approximate surface area is 204 Å². The number of halogens is 1. The van der Waals surface area contributed by atoms with Crippen LogP contribution in [0.2, 0.25) is 0 Å². The van der Waals surface area contributed by atoms with Gasteiger partial charge in [0.1, 0.15) is 6.61 Å². The van der Waals surface area contributed by atoms with Gasteiger partial charge in [-0.1, -0.05) is 73.3 Å². The summed E-state index contributed by atoms with van der Waals surface area (Å²) < 4.78 is 20.1. The number of ether oxygens (including phenoxy) is 1. The summed E-state index contributed by atoms with van der Waals surface area (Å²) >= 11 is 0. The number of benzene rings is 3. The van der Waals surface area contributed by atoms with Crippen LogP contribution in [0, 0.1) is 11.7 Å². The summed E-state index contributed by atoms with van der Waals surface area (Å²) in [6.07, 6.45) is 16.0. The first-order chi connectivity index (χ1) is 16.7. The average Bonchev–Trinajstić information content (AvgIpc) is 2.88. The van der Waals surface area contributed by atoms with Gasteiger partial charge in [-0.05, 0) is 98.3 Å². The van der Waals surface area contributed by atoms with E-state index in [0.717, 1.165) is 30.1 Å². The van der Waals surface area contributed by atoms with Crippen molar-refractivity contribution in [2.45, 2.75) is 64.2 Å². The highest BCUT2D eigenvalue weighted by atomic mass is 19.1. The van der Waals surface area contributed by atoms with Crippen molar-refractivity contribution in [3.05, 3.63) is 102 Å². The standard InChI is InChI=1S/C32H37FO/c1-3-5-6-7-24-10-15-27(16-11-24)28-17-12-25(13-18-28)8-9-26-14-20-30-29(23-26)19-21-31(32(30)33)34-22-4-2/h3-5,12-14,17-21,23-24,27H,2,6-11,15-16,22H2,1H3/b5-3+. The van der Waals surface area contributed by atoms with E-state index >= 15 is 0 Å². The molecule has 178 valence electrons. The third-order valence-electron chi connectivity index (χ3n) is 7.32. The number of aryl methyl sites for hydroxylation is 2. The van der Waals surface area contributed by atoms with Crippen molar-refractivity contribution in [1.82, 2.24) is 0 Å². The molecule has 1 nitrogen and oxygen atoms in total. The number of hydrogen-bond acceptors (Lipinski definition) is 1. The van der Waals surface area contributed by atoms with Gasteiger partial charge in [0, 0.05) is 5.39 Å². The highest BCUT2D eigenvalue weighted by Gasteiger charge is 2.21. The fourth-order valence-electron chi connectivity index (χ4n) is 5.27. The molecular weight excluding hydrogens is 419 g/mol. The molecule has 1 saturated carbocycles. The topological polar surface area (TPSA) is 9.23 Å². The van der Waals surface area contributed by atoms with Crippen LogP contribution in [0.5, 0.6) is 5.75 Å². The molecule has 0 atom stereocenters. The van der Waals surface area contributed by atoms with Crippen LogP contribution in [0.15, 0.2) is 79.4 Å². The monoisotopic (exact) mass is 456 g/mol. The second-order valence-electron chi connectivity index (χ2n) is 9.64. The van der Waals surface area contributed by atoms with Crippen molar-refractivity contribution >= 4 is 10.8 Å². The molecule has 0 heterocycles. The first kappa shape index (κ1) is 24.3. The summed E-state index contributed by atoms with van der Waals surface area (Å²) in [7, 11) is 0. The fraction of sp³-hybridized carbons (Fsp3) is 0.375. The van der Waals surface area contributed by atoms with Gasteiger partial charge in [-0.15, -0.1) is 0 Å². The van der Waals surface area contributed by atoms with Crippen molar-refractivity contribution in [3.8, 4) is 5.75 Å². The predicted molar refractivity (Wildman–Crippen MR) is 142 cm³/mol. The Morgan fingerprint density at radius 1 is 0.941 bits per heavy atom. The van der Waals surface area contributed by atoms with Crippen LogP contribution in [-0.4, -0.2) is 6.61 Å². The zero-order valence-corrected chi connectivity index (χ0v) is 20.4. The van der Waals surface area contributed by atoms with Crippen LogP contribution in [0.3, 0.4) is 0 Å². The molecule has 0 radical (unpaired) electrons. The maximum absolute atomic E-state index is 14.7. The van der Waals surface area contributed by atoms with Gasteiger partial charge >= 0.3 is 0 Å². The first-order valence-corrected chi connectivity index (χ1v) is 12.8. The predicted octanol–water partition coefficient (Wildman–Crippen LogP) is 8.96. The van der Waals surface area contributed by atoms with Crippen molar-refractivity contribution in [1.29, 1.82) is 0 Å². The molecule has 4 rings (SSSR count). The van der Waals surface area contributed by atoms with Crippen LogP contribution in [-0.2, 0) is 12.8 Å². The van der Waals surface area contributed by atoms with Gasteiger partial charge in [0.15, 0.2) is 11.6 Å². The quantitative estimate of drug-likeness (QED) is 0.277. The van der Waals surface area contributed by atoms with Gasteiger partial charge in [0.25, 0.3) is 0 Å². The van der Waals surface area contributed by atoms with E-state index in [9.17, 15) is 4.39 Å². The number of fused-ring (bicyclic) bond motifs is 1. The number of rotatable bonds is 10. The summed E-state index contributed by atoms with van der Waals surface area (Å²) in [6, 6.07) is 18.9. The van der Waals surface area contributed by atoms with Crippen LogP contribution >= 0.6 is 0 Å². The fourth-order valence-corrected chi connectivity index (χ4v) is 5.27. The van der Waals surface area contributed by atoms with E-state index in [0.29, 0.717) is 12.0 Å². The third-order valence-corrected chi connectivity index (χ3v) is 7.32. The highest BCUT2D eigenvalue weighted by molar-refractivity contribution is 5.85. The lowest BCUT2D eigenvalue weighted by atomic mass is 9.77. The molecule has 0 aromatic heterocycles. The number of hydrogen-bond donors (Lipinski definition) is 0. The van der Waals surface area contributed by atoms with Crippen molar-refractivity contribution in [2.75, 3.05) is 6.61 Å². The Kier molecular flexibility index (Phi) is 8.57. The lowest BCUT2D eigenvalue weighted by molar-refractivity contribution is 0.312. The largest absolute Gasteiger partial charge is 0.486 e. The molecule has 1 aliphatic rings. The van der Waals surface area contributed by atoms with Crippen LogP contribution < -0.4 is 4.74 Å². The summed E-state index contributed by atoms with van der Waals surface area (Å²) in [5, 5.41) is 1.52. The second-order valence-corrected chi connectivity index (χ2v) is 9.64. The van der Waals surface area contributed by atoms with Gasteiger partial charge in [0.2, 0.25) is 0 Å². The summed E-state index contributed by atoms with van der Waals surface area (Å²) in [5.41, 5.74) is 4.10. The molecule has 34 heavy (non-hydrogen) atoms. The third kappa shape index (κ3) is 6.17. The van der Waals surface area contributed by atoms with E-state index < -0.39 is 0 Å². The summed E-state index contributed by atoms with van der Waals surface area (Å²) in [6.45, 7) is 6.03. The van der Waals surface area contributed by atoms with Crippen LogP contribution in [0.25, 0.3) is 10.8 Å². The van der Waals surface area contributed by atoms with Gasteiger partial charge < -0.3 is 4.74 Å². The summed E-state index contributed by atoms with van der Waals surface area (Å²) in [5.74, 6) is 1.62. The van der Waals surface area contributed by atoms with E-state index in [1.54, 1.807) is 12.1 Å². The minimum absolute atomic E-state index is 0.280. The van der Waals surface area contributed by atoms with E-state index in [1.807, 2.05) is 18.2 Å². The van der Waals surface area contributed by atoms with Crippen LogP contribution in [0.4, 0.5) is 4.39 Å². The molecule has 0 aliphatic heterocycles. The maximum Gasteiger partial charge on any atom is 0.172 e. The van der Waals surface area contributed by atoms with Crippen molar-refractivity contribution < 1.29 is 9.13 Å². The Morgan fingerprint density at radius 3 is 2.41 bits per heavy atom. The van der Waals surface area contributed by atoms with Gasteiger partial charge in [-0.2, -0.15) is 0 Å². The highest BCUT2D eigenvalue weighted by Crippen LogP contribution is 2.37. The Morgan fingerprint density at radius 2 is 1.68 bits per heavy atom. The van der Waals surface area contributed by atoms with Gasteiger partial charge in [-0.3, -0.25) is 0 Å². The molecular formula is C32H37FO. The molecule has 0 bridgehead atoms. The Balaban J connectivity index is 1.31. The molecule has 0 saturated heterocycles. The van der Waals surface area contributed by atoms with E-state index in [-0.39, 0.29) is 11.6 Å². The zero-order valence-electron chi connectivity index (χ0n) is 20.4. The zero-order chi connectivity index (χ0) is 23.8. The first-order valence-electron chi connectivity index (χ1n) is 12.8. The van der Waals surface area contributed by atoms with E-state index in [1.165, 1.54) is 55.2 Å². The van der Waals surface area contributed by atoms with Crippen molar-refractivity contribution in [2.24, 2.45) is 5.92 Å². The van der Waals surface area contributed by atoms with Gasteiger partial charge in [-0.25, -0.2) is 4.39 Å². The molecule has 0 amide bonds. The van der Waals surface area contributed by atoms with Crippen molar-refractivity contribution in [3.63, 3.8) is 0 Å².